The lowest BCUT2D eigenvalue weighted by molar-refractivity contribution is 0.0266. The fraction of sp³-hybridized carbons (Fsp3) is 0.389. The van der Waals surface area contributed by atoms with Gasteiger partial charge in [-0.15, -0.1) is 5.10 Å². The number of likely N-dealkylation sites (tertiary alicyclic amines) is 1. The molecule has 1 unspecified atom stereocenters. The summed E-state index contributed by atoms with van der Waals surface area (Å²) in [5.74, 6) is -0.0808. The zero-order valence-corrected chi connectivity index (χ0v) is 14.4. The molecule has 1 fully saturated rings. The van der Waals surface area contributed by atoms with Crippen molar-refractivity contribution < 1.29 is 9.90 Å². The van der Waals surface area contributed by atoms with E-state index in [1.54, 1.807) is 22.0 Å². The predicted molar refractivity (Wildman–Crippen MR) is 93.3 cm³/mol. The lowest BCUT2D eigenvalue weighted by Gasteiger charge is -2.22. The molecule has 7 nitrogen and oxygen atoms in total. The van der Waals surface area contributed by atoms with E-state index in [0.29, 0.717) is 31.7 Å². The third-order valence-corrected chi connectivity index (χ3v) is 4.87. The molecule has 0 saturated carbocycles. The van der Waals surface area contributed by atoms with Gasteiger partial charge in [-0.2, -0.15) is 0 Å². The van der Waals surface area contributed by atoms with Crippen LogP contribution < -0.4 is 0 Å². The number of nitrogens with one attached hydrogen (secondary N) is 1. The summed E-state index contributed by atoms with van der Waals surface area (Å²) in [7, 11) is 0. The van der Waals surface area contributed by atoms with Gasteiger partial charge in [0.1, 0.15) is 11.3 Å². The smallest absolute Gasteiger partial charge is 0.270 e. The first-order valence-corrected chi connectivity index (χ1v) is 8.39. The van der Waals surface area contributed by atoms with Crippen LogP contribution in [0.25, 0.3) is 10.9 Å². The largest absolute Gasteiger partial charge is 0.386 e. The molecule has 25 heavy (non-hydrogen) atoms. The first-order valence-electron chi connectivity index (χ1n) is 8.39. The molecule has 0 bridgehead atoms. The number of fused-ring (bicyclic) bond motifs is 1. The molecular weight excluding hydrogens is 318 g/mol. The van der Waals surface area contributed by atoms with Crippen molar-refractivity contribution in [2.45, 2.75) is 32.4 Å². The number of amides is 1. The molecule has 1 atom stereocenters. The maximum absolute atomic E-state index is 12.9. The minimum Gasteiger partial charge on any atom is -0.386 e. The molecule has 0 spiro atoms. The third-order valence-electron chi connectivity index (χ3n) is 4.87. The molecule has 3 heterocycles. The van der Waals surface area contributed by atoms with Crippen LogP contribution in [-0.2, 0) is 6.54 Å². The van der Waals surface area contributed by atoms with E-state index < -0.39 is 5.60 Å². The monoisotopic (exact) mass is 339 g/mol. The Balaban J connectivity index is 1.55. The molecule has 1 aliphatic heterocycles. The Kier molecular flexibility index (Phi) is 3.61. The van der Waals surface area contributed by atoms with Gasteiger partial charge in [-0.05, 0) is 43.5 Å². The standard InChI is InChI=1S/C18H21N5O2/c1-12-7-13(2)14-9-16(20-15(14)8-12)17(24)22-5-3-18(25,10-22)11-23-6-4-19-21-23/h4,6-9,20,25H,3,5,10-11H2,1-2H3. The molecule has 0 radical (unpaired) electrons. The predicted octanol–water partition coefficient (Wildman–Crippen LogP) is 1.65. The summed E-state index contributed by atoms with van der Waals surface area (Å²) in [5.41, 5.74) is 2.87. The molecule has 1 aromatic carbocycles. The number of aryl methyl sites for hydroxylation is 2. The highest BCUT2D eigenvalue weighted by molar-refractivity contribution is 5.99. The van der Waals surface area contributed by atoms with Gasteiger partial charge >= 0.3 is 0 Å². The molecule has 130 valence electrons. The van der Waals surface area contributed by atoms with Crippen LogP contribution in [0.2, 0.25) is 0 Å². The van der Waals surface area contributed by atoms with E-state index in [0.717, 1.165) is 22.0 Å². The number of aliphatic hydroxyl groups is 1. The molecular formula is C18H21N5O2. The summed E-state index contributed by atoms with van der Waals surface area (Å²) in [6.45, 7) is 5.24. The van der Waals surface area contributed by atoms with Crippen LogP contribution in [0.5, 0.6) is 0 Å². The number of H-pyrrole nitrogens is 1. The summed E-state index contributed by atoms with van der Waals surface area (Å²) in [5, 5.41) is 19.5. The Labute approximate surface area is 145 Å². The van der Waals surface area contributed by atoms with Gasteiger partial charge in [0.2, 0.25) is 0 Å². The number of carbonyl (C=O) groups excluding carboxylic acids is 1. The fourth-order valence-electron chi connectivity index (χ4n) is 3.66. The molecule has 7 heteroatoms. The fourth-order valence-corrected chi connectivity index (χ4v) is 3.66. The lowest BCUT2D eigenvalue weighted by Crippen LogP contribution is -2.39. The van der Waals surface area contributed by atoms with Crippen molar-refractivity contribution in [2.24, 2.45) is 0 Å². The summed E-state index contributed by atoms with van der Waals surface area (Å²) in [4.78, 5) is 17.8. The molecule has 2 N–H and O–H groups in total. The number of β-amino-alcohol motifs (C(OH)–C–C–N with tert-alkyl or cyclic N) is 1. The average molecular weight is 339 g/mol. The number of nitrogens with zero attached hydrogens (tertiary/aromatic N) is 4. The van der Waals surface area contributed by atoms with Crippen LogP contribution in [0.4, 0.5) is 0 Å². The van der Waals surface area contributed by atoms with E-state index in [1.165, 1.54) is 0 Å². The van der Waals surface area contributed by atoms with Crippen LogP contribution in [0, 0.1) is 13.8 Å². The molecule has 3 aromatic rings. The van der Waals surface area contributed by atoms with Crippen LogP contribution in [0.3, 0.4) is 0 Å². The quantitative estimate of drug-likeness (QED) is 0.760. The summed E-state index contributed by atoms with van der Waals surface area (Å²) in [6, 6.07) is 6.06. The highest BCUT2D eigenvalue weighted by Crippen LogP contribution is 2.26. The first-order chi connectivity index (χ1) is 11.9. The van der Waals surface area contributed by atoms with Crippen LogP contribution in [0.1, 0.15) is 28.0 Å². The molecule has 2 aromatic heterocycles. The SMILES string of the molecule is Cc1cc(C)c2cc(C(=O)N3CCC(O)(Cn4ccnn4)C3)[nH]c2c1. The highest BCUT2D eigenvalue weighted by atomic mass is 16.3. The maximum atomic E-state index is 12.9. The molecule has 0 aliphatic carbocycles. The van der Waals surface area contributed by atoms with Gasteiger partial charge in [0.25, 0.3) is 5.91 Å². The van der Waals surface area contributed by atoms with Crippen molar-refractivity contribution in [2.75, 3.05) is 13.1 Å². The topological polar surface area (TPSA) is 87.0 Å². The molecule has 1 amide bonds. The Bertz CT molecular complexity index is 930. The van der Waals surface area contributed by atoms with Gasteiger partial charge < -0.3 is 15.0 Å². The second kappa shape index (κ2) is 5.70. The summed E-state index contributed by atoms with van der Waals surface area (Å²) >= 11 is 0. The van der Waals surface area contributed by atoms with Crippen molar-refractivity contribution in [3.8, 4) is 0 Å². The van der Waals surface area contributed by atoms with Crippen molar-refractivity contribution >= 4 is 16.8 Å². The van der Waals surface area contributed by atoms with Gasteiger partial charge in [-0.1, -0.05) is 11.3 Å². The normalized spacial score (nSPS) is 20.5. The first kappa shape index (κ1) is 15.8. The Hall–Kier alpha value is -2.67. The van der Waals surface area contributed by atoms with Gasteiger partial charge in [0.15, 0.2) is 0 Å². The molecule has 4 rings (SSSR count). The number of hydrogen-bond donors (Lipinski definition) is 2. The molecule has 1 aliphatic rings. The van der Waals surface area contributed by atoms with E-state index in [4.69, 9.17) is 0 Å². The van der Waals surface area contributed by atoms with Crippen LogP contribution in [0.15, 0.2) is 30.6 Å². The van der Waals surface area contributed by atoms with Crippen molar-refractivity contribution in [1.29, 1.82) is 0 Å². The van der Waals surface area contributed by atoms with Crippen LogP contribution in [-0.4, -0.2) is 54.6 Å². The van der Waals surface area contributed by atoms with Gasteiger partial charge in [-0.3, -0.25) is 4.79 Å². The van der Waals surface area contributed by atoms with Crippen molar-refractivity contribution in [1.82, 2.24) is 24.9 Å². The number of hydrogen-bond acceptors (Lipinski definition) is 4. The summed E-state index contributed by atoms with van der Waals surface area (Å²) < 4.78 is 1.60. The number of aromatic nitrogens is 4. The van der Waals surface area contributed by atoms with E-state index in [1.807, 2.05) is 26.0 Å². The van der Waals surface area contributed by atoms with E-state index in [2.05, 4.69) is 21.4 Å². The maximum Gasteiger partial charge on any atom is 0.270 e. The number of rotatable bonds is 3. The Morgan fingerprint density at radius 3 is 2.96 bits per heavy atom. The van der Waals surface area contributed by atoms with Gasteiger partial charge in [0.05, 0.1) is 19.3 Å². The Morgan fingerprint density at radius 2 is 2.20 bits per heavy atom. The highest BCUT2D eigenvalue weighted by Gasteiger charge is 2.39. The second-order valence-corrected chi connectivity index (χ2v) is 7.03. The number of benzene rings is 1. The minimum atomic E-state index is -0.970. The summed E-state index contributed by atoms with van der Waals surface area (Å²) in [6.07, 6.45) is 3.82. The van der Waals surface area contributed by atoms with Crippen LogP contribution >= 0.6 is 0 Å². The van der Waals surface area contributed by atoms with Crippen molar-refractivity contribution in [3.63, 3.8) is 0 Å². The molecule has 1 saturated heterocycles. The van der Waals surface area contributed by atoms with Gasteiger partial charge in [-0.25, -0.2) is 4.68 Å². The number of carbonyl (C=O) groups is 1. The lowest BCUT2D eigenvalue weighted by atomic mass is 10.0. The van der Waals surface area contributed by atoms with Crippen molar-refractivity contribution in [3.05, 3.63) is 47.4 Å². The second-order valence-electron chi connectivity index (χ2n) is 7.03. The van der Waals surface area contributed by atoms with E-state index in [9.17, 15) is 9.90 Å². The number of aromatic amines is 1. The zero-order chi connectivity index (χ0) is 17.6. The third kappa shape index (κ3) is 2.91. The zero-order valence-electron chi connectivity index (χ0n) is 14.4. The van der Waals surface area contributed by atoms with E-state index in [-0.39, 0.29) is 5.91 Å². The minimum absolute atomic E-state index is 0.0808. The van der Waals surface area contributed by atoms with E-state index >= 15 is 0 Å². The average Bonchev–Trinajstić information content (AvgIpc) is 3.26. The Morgan fingerprint density at radius 1 is 1.36 bits per heavy atom. The van der Waals surface area contributed by atoms with Gasteiger partial charge in [0, 0.05) is 23.6 Å².